The summed E-state index contributed by atoms with van der Waals surface area (Å²) in [5, 5.41) is 4.37. The second kappa shape index (κ2) is 8.79. The van der Waals surface area contributed by atoms with Gasteiger partial charge in [-0.2, -0.15) is 4.98 Å². The lowest BCUT2D eigenvalue weighted by Gasteiger charge is -2.07. The van der Waals surface area contributed by atoms with Gasteiger partial charge in [-0.05, 0) is 35.9 Å². The van der Waals surface area contributed by atoms with Crippen LogP contribution in [-0.4, -0.2) is 29.3 Å². The van der Waals surface area contributed by atoms with Gasteiger partial charge in [-0.3, -0.25) is 0 Å². The Balaban J connectivity index is 1.35. The van der Waals surface area contributed by atoms with Crippen LogP contribution >= 0.6 is 11.6 Å². The molecule has 3 aromatic rings. The first-order valence-electron chi connectivity index (χ1n) is 9.01. The number of hydrogen-bond acceptors (Lipinski definition) is 7. The number of ether oxygens (including phenoxy) is 3. The number of fused-ring (bicyclic) bond motifs is 1. The zero-order valence-electron chi connectivity index (χ0n) is 15.3. The Hall–Kier alpha value is -3.32. The van der Waals surface area contributed by atoms with E-state index < -0.39 is 5.97 Å². The van der Waals surface area contributed by atoms with E-state index in [1.54, 1.807) is 18.2 Å². The largest absolute Gasteiger partial charge is 0.490 e. The average molecular weight is 413 g/mol. The van der Waals surface area contributed by atoms with Gasteiger partial charge in [-0.1, -0.05) is 35.0 Å². The molecule has 0 saturated carbocycles. The number of hydrogen-bond donors (Lipinski definition) is 0. The minimum Gasteiger partial charge on any atom is -0.490 e. The molecule has 7 nitrogen and oxygen atoms in total. The van der Waals surface area contributed by atoms with Crippen molar-refractivity contribution in [1.82, 2.24) is 10.1 Å². The highest BCUT2D eigenvalue weighted by Crippen LogP contribution is 2.30. The normalized spacial score (nSPS) is 13.3. The molecule has 148 valence electrons. The molecule has 0 atom stereocenters. The third-order valence-electron chi connectivity index (χ3n) is 4.10. The Labute approximate surface area is 171 Å². The number of rotatable bonds is 5. The SMILES string of the molecule is O=C(/C=C/c1ccc2c(c1)OCCCO2)OCc1nc(-c2ccccc2Cl)no1. The van der Waals surface area contributed by atoms with Crippen molar-refractivity contribution >= 4 is 23.6 Å². The first-order chi connectivity index (χ1) is 14.2. The van der Waals surface area contributed by atoms with Crippen molar-refractivity contribution in [2.24, 2.45) is 0 Å². The molecule has 1 aliphatic rings. The van der Waals surface area contributed by atoms with E-state index >= 15 is 0 Å². The van der Waals surface area contributed by atoms with Crippen molar-refractivity contribution in [2.45, 2.75) is 13.0 Å². The molecular formula is C21H17ClN2O5. The summed E-state index contributed by atoms with van der Waals surface area (Å²) in [5.74, 6) is 1.35. The Morgan fingerprint density at radius 1 is 1.14 bits per heavy atom. The van der Waals surface area contributed by atoms with Crippen LogP contribution in [0.1, 0.15) is 17.9 Å². The number of nitrogens with zero attached hydrogens (tertiary/aromatic N) is 2. The molecule has 29 heavy (non-hydrogen) atoms. The molecule has 0 aliphatic carbocycles. The summed E-state index contributed by atoms with van der Waals surface area (Å²) in [5.41, 5.74) is 1.44. The molecule has 0 bridgehead atoms. The topological polar surface area (TPSA) is 83.7 Å². The van der Waals surface area contributed by atoms with Crippen LogP contribution in [-0.2, 0) is 16.1 Å². The molecule has 0 N–H and O–H groups in total. The van der Waals surface area contributed by atoms with Crippen molar-refractivity contribution in [1.29, 1.82) is 0 Å². The third kappa shape index (κ3) is 4.75. The molecule has 1 aromatic heterocycles. The summed E-state index contributed by atoms with van der Waals surface area (Å²) in [7, 11) is 0. The lowest BCUT2D eigenvalue weighted by atomic mass is 10.2. The van der Waals surface area contributed by atoms with Gasteiger partial charge in [-0.15, -0.1) is 0 Å². The van der Waals surface area contributed by atoms with E-state index in [1.807, 2.05) is 30.3 Å². The van der Waals surface area contributed by atoms with Gasteiger partial charge >= 0.3 is 5.97 Å². The number of carbonyl (C=O) groups is 1. The summed E-state index contributed by atoms with van der Waals surface area (Å²) in [6.07, 6.45) is 3.80. The second-order valence-corrected chi connectivity index (χ2v) is 6.60. The predicted molar refractivity (Wildman–Crippen MR) is 106 cm³/mol. The van der Waals surface area contributed by atoms with Crippen molar-refractivity contribution in [3.8, 4) is 22.9 Å². The molecule has 0 unspecified atom stereocenters. The molecular weight excluding hydrogens is 396 g/mol. The maximum Gasteiger partial charge on any atom is 0.331 e. The van der Waals surface area contributed by atoms with Gasteiger partial charge in [0.25, 0.3) is 5.89 Å². The Morgan fingerprint density at radius 3 is 2.83 bits per heavy atom. The van der Waals surface area contributed by atoms with Crippen molar-refractivity contribution < 1.29 is 23.5 Å². The zero-order valence-corrected chi connectivity index (χ0v) is 16.1. The van der Waals surface area contributed by atoms with Crippen molar-refractivity contribution in [2.75, 3.05) is 13.2 Å². The van der Waals surface area contributed by atoms with Crippen LogP contribution in [0.2, 0.25) is 5.02 Å². The molecule has 2 aromatic carbocycles. The standard InChI is InChI=1S/C21H17ClN2O5/c22-16-5-2-1-4-15(16)21-23-19(29-24-21)13-28-20(25)9-7-14-6-8-17-18(12-14)27-11-3-10-26-17/h1-2,4-9,12H,3,10-11,13H2/b9-7+. The smallest absolute Gasteiger partial charge is 0.331 e. The molecule has 8 heteroatoms. The van der Waals surface area contributed by atoms with Crippen molar-refractivity contribution in [3.05, 3.63) is 65.0 Å². The average Bonchev–Trinajstić information content (AvgIpc) is 3.08. The summed E-state index contributed by atoms with van der Waals surface area (Å²) in [4.78, 5) is 16.2. The van der Waals surface area contributed by atoms with Gasteiger partial charge in [0.2, 0.25) is 5.82 Å². The molecule has 4 rings (SSSR count). The number of carbonyl (C=O) groups excluding carboxylic acids is 1. The van der Waals surface area contributed by atoms with E-state index in [0.29, 0.717) is 41.1 Å². The fourth-order valence-corrected chi connectivity index (χ4v) is 2.91. The van der Waals surface area contributed by atoms with E-state index in [-0.39, 0.29) is 12.5 Å². The van der Waals surface area contributed by atoms with Gasteiger partial charge in [0.05, 0.1) is 18.2 Å². The number of benzene rings is 2. The van der Waals surface area contributed by atoms with E-state index in [0.717, 1.165) is 12.0 Å². The Bertz CT molecular complexity index is 1050. The molecule has 0 amide bonds. The van der Waals surface area contributed by atoms with Crippen LogP contribution in [0.3, 0.4) is 0 Å². The first kappa shape index (κ1) is 19.0. The van der Waals surface area contributed by atoms with E-state index in [9.17, 15) is 4.79 Å². The summed E-state index contributed by atoms with van der Waals surface area (Å²) in [6.45, 7) is 1.09. The van der Waals surface area contributed by atoms with E-state index in [2.05, 4.69) is 10.1 Å². The lowest BCUT2D eigenvalue weighted by Crippen LogP contribution is -2.01. The van der Waals surface area contributed by atoms with Crippen LogP contribution in [0.15, 0.2) is 53.1 Å². The molecule has 0 radical (unpaired) electrons. The van der Waals surface area contributed by atoms with Gasteiger partial charge < -0.3 is 18.7 Å². The van der Waals surface area contributed by atoms with E-state index in [1.165, 1.54) is 6.08 Å². The summed E-state index contributed by atoms with van der Waals surface area (Å²) >= 11 is 6.12. The van der Waals surface area contributed by atoms with Crippen LogP contribution in [0.25, 0.3) is 17.5 Å². The number of esters is 1. The van der Waals surface area contributed by atoms with Crippen LogP contribution in [0.5, 0.6) is 11.5 Å². The monoisotopic (exact) mass is 412 g/mol. The summed E-state index contributed by atoms with van der Waals surface area (Å²) in [6, 6.07) is 12.6. The maximum absolute atomic E-state index is 12.0. The van der Waals surface area contributed by atoms with Gasteiger partial charge in [-0.25, -0.2) is 4.79 Å². The maximum atomic E-state index is 12.0. The number of aromatic nitrogens is 2. The second-order valence-electron chi connectivity index (χ2n) is 6.19. The van der Waals surface area contributed by atoms with Gasteiger partial charge in [0.15, 0.2) is 18.1 Å². The molecule has 0 fully saturated rings. The van der Waals surface area contributed by atoms with Crippen LogP contribution in [0.4, 0.5) is 0 Å². The van der Waals surface area contributed by atoms with Crippen LogP contribution in [0, 0.1) is 0 Å². The number of halogens is 1. The molecule has 0 spiro atoms. The van der Waals surface area contributed by atoms with E-state index in [4.69, 9.17) is 30.3 Å². The predicted octanol–water partition coefficient (Wildman–Crippen LogP) is 4.31. The molecule has 2 heterocycles. The lowest BCUT2D eigenvalue weighted by molar-refractivity contribution is -0.139. The van der Waals surface area contributed by atoms with Crippen molar-refractivity contribution in [3.63, 3.8) is 0 Å². The zero-order chi connectivity index (χ0) is 20.1. The minimum absolute atomic E-state index is 0.137. The fraction of sp³-hybridized carbons (Fsp3) is 0.190. The Morgan fingerprint density at radius 2 is 1.97 bits per heavy atom. The first-order valence-corrected chi connectivity index (χ1v) is 9.39. The highest BCUT2D eigenvalue weighted by Gasteiger charge is 2.13. The van der Waals surface area contributed by atoms with Crippen LogP contribution < -0.4 is 9.47 Å². The quantitative estimate of drug-likeness (QED) is 0.456. The summed E-state index contributed by atoms with van der Waals surface area (Å²) < 4.78 is 21.5. The minimum atomic E-state index is -0.533. The highest BCUT2D eigenvalue weighted by atomic mass is 35.5. The molecule has 1 aliphatic heterocycles. The Kier molecular flexibility index (Phi) is 5.76. The molecule has 0 saturated heterocycles. The van der Waals surface area contributed by atoms with Gasteiger partial charge in [0, 0.05) is 18.1 Å². The highest BCUT2D eigenvalue weighted by molar-refractivity contribution is 6.33. The van der Waals surface area contributed by atoms with Gasteiger partial charge in [0.1, 0.15) is 0 Å². The third-order valence-corrected chi connectivity index (χ3v) is 4.43. The fourth-order valence-electron chi connectivity index (χ4n) is 2.69.